The van der Waals surface area contributed by atoms with Gasteiger partial charge in [0.05, 0.1) is 12.5 Å². The Bertz CT molecular complexity index is 148. The van der Waals surface area contributed by atoms with Crippen molar-refractivity contribution in [2.24, 2.45) is 5.92 Å². The summed E-state index contributed by atoms with van der Waals surface area (Å²) in [7, 11) is 0. The van der Waals surface area contributed by atoms with E-state index >= 15 is 0 Å². The Kier molecular flexibility index (Phi) is 6.44. The molecular formula is C10H18O2. The van der Waals surface area contributed by atoms with Crippen molar-refractivity contribution in [2.75, 3.05) is 6.61 Å². The highest BCUT2D eigenvalue weighted by Gasteiger charge is 2.06. The van der Waals surface area contributed by atoms with E-state index in [2.05, 4.69) is 13.0 Å². The molecule has 2 nitrogen and oxygen atoms in total. The van der Waals surface area contributed by atoms with Crippen LogP contribution in [0.5, 0.6) is 0 Å². The maximum atomic E-state index is 10.9. The van der Waals surface area contributed by atoms with Crippen LogP contribution < -0.4 is 0 Å². The van der Waals surface area contributed by atoms with Crippen LogP contribution in [0.4, 0.5) is 0 Å². The molecule has 0 spiro atoms. The number of ether oxygens (including phenoxy) is 1. The van der Waals surface area contributed by atoms with Crippen molar-refractivity contribution in [1.82, 2.24) is 0 Å². The predicted octanol–water partition coefficient (Wildman–Crippen LogP) is 2.54. The van der Waals surface area contributed by atoms with Crippen LogP contribution in [0.3, 0.4) is 0 Å². The van der Waals surface area contributed by atoms with Gasteiger partial charge in [-0.1, -0.05) is 32.9 Å². The highest BCUT2D eigenvalue weighted by Crippen LogP contribution is 1.97. The van der Waals surface area contributed by atoms with Gasteiger partial charge in [0, 0.05) is 0 Å². The van der Waals surface area contributed by atoms with E-state index in [0.29, 0.717) is 6.61 Å². The van der Waals surface area contributed by atoms with Crippen LogP contribution in [-0.2, 0) is 9.53 Å². The summed E-state index contributed by atoms with van der Waals surface area (Å²) in [5.41, 5.74) is 0. The number of rotatable bonds is 5. The van der Waals surface area contributed by atoms with Crippen LogP contribution in [-0.4, -0.2) is 12.6 Å². The second kappa shape index (κ2) is 6.89. The van der Waals surface area contributed by atoms with Gasteiger partial charge in [0.1, 0.15) is 0 Å². The Morgan fingerprint density at radius 3 is 2.58 bits per heavy atom. The molecule has 70 valence electrons. The van der Waals surface area contributed by atoms with Crippen LogP contribution in [0.25, 0.3) is 0 Å². The van der Waals surface area contributed by atoms with Crippen molar-refractivity contribution in [3.8, 4) is 0 Å². The fraction of sp³-hybridized carbons (Fsp3) is 0.700. The summed E-state index contributed by atoms with van der Waals surface area (Å²) in [6.45, 7) is 6.26. The first-order valence-electron chi connectivity index (χ1n) is 4.50. The summed E-state index contributed by atoms with van der Waals surface area (Å²) < 4.78 is 4.96. The lowest BCUT2D eigenvalue weighted by Crippen LogP contribution is -2.11. The number of carbonyl (C=O) groups excluding carboxylic acids is 1. The van der Waals surface area contributed by atoms with Crippen molar-refractivity contribution in [2.45, 2.75) is 33.6 Å². The molecule has 0 aliphatic carbocycles. The fourth-order valence-corrected chi connectivity index (χ4v) is 0.679. The minimum absolute atomic E-state index is 0.0137. The lowest BCUT2D eigenvalue weighted by molar-refractivity contribution is -0.147. The van der Waals surface area contributed by atoms with Gasteiger partial charge in [-0.25, -0.2) is 0 Å². The van der Waals surface area contributed by atoms with Crippen LogP contribution in [0.1, 0.15) is 33.6 Å². The molecule has 0 aliphatic heterocycles. The molecule has 0 N–H and O–H groups in total. The molecule has 0 unspecified atom stereocenters. The first-order chi connectivity index (χ1) is 5.68. The predicted molar refractivity (Wildman–Crippen MR) is 49.8 cm³/mol. The third-order valence-corrected chi connectivity index (χ3v) is 1.40. The molecule has 0 aromatic heterocycles. The van der Waals surface area contributed by atoms with E-state index in [9.17, 15) is 4.79 Å². The molecule has 0 aromatic carbocycles. The first kappa shape index (κ1) is 11.2. The van der Waals surface area contributed by atoms with E-state index in [1.165, 1.54) is 0 Å². The Hall–Kier alpha value is -0.790. The lowest BCUT2D eigenvalue weighted by atomic mass is 10.2. The van der Waals surface area contributed by atoms with Crippen LogP contribution in [0.15, 0.2) is 12.2 Å². The zero-order valence-electron chi connectivity index (χ0n) is 8.17. The lowest BCUT2D eigenvalue weighted by Gasteiger charge is -2.04. The summed E-state index contributed by atoms with van der Waals surface area (Å²) in [4.78, 5) is 10.9. The molecule has 0 heterocycles. The van der Waals surface area contributed by atoms with Gasteiger partial charge in [-0.15, -0.1) is 0 Å². The molecule has 2 heteroatoms. The number of carbonyl (C=O) groups is 1. The number of allylic oxidation sites excluding steroid dienone is 1. The van der Waals surface area contributed by atoms with Gasteiger partial charge in [0.2, 0.25) is 0 Å². The maximum Gasteiger partial charge on any atom is 0.308 e. The zero-order chi connectivity index (χ0) is 9.40. The second-order valence-corrected chi connectivity index (χ2v) is 2.99. The second-order valence-electron chi connectivity index (χ2n) is 2.99. The van der Waals surface area contributed by atoms with Crippen molar-refractivity contribution in [3.63, 3.8) is 0 Å². The van der Waals surface area contributed by atoms with Crippen molar-refractivity contribution >= 4 is 5.97 Å². The summed E-state index contributed by atoms with van der Waals surface area (Å²) in [6, 6.07) is 0. The third-order valence-electron chi connectivity index (χ3n) is 1.40. The zero-order valence-corrected chi connectivity index (χ0v) is 8.17. The Morgan fingerprint density at radius 1 is 1.42 bits per heavy atom. The van der Waals surface area contributed by atoms with Crippen molar-refractivity contribution in [3.05, 3.63) is 12.2 Å². The molecule has 12 heavy (non-hydrogen) atoms. The van der Waals surface area contributed by atoms with Gasteiger partial charge >= 0.3 is 5.97 Å². The van der Waals surface area contributed by atoms with Gasteiger partial charge < -0.3 is 4.74 Å². The summed E-state index contributed by atoms with van der Waals surface area (Å²) in [6.07, 6.45) is 5.97. The standard InChI is InChI=1S/C10H18O2/c1-4-5-6-7-8-12-10(11)9(2)3/h5-6,9H,4,7-8H2,1-3H3/b6-5-. The molecule has 0 aromatic rings. The van der Waals surface area contributed by atoms with Gasteiger partial charge in [-0.05, 0) is 12.8 Å². The average molecular weight is 170 g/mol. The smallest absolute Gasteiger partial charge is 0.308 e. The van der Waals surface area contributed by atoms with E-state index in [4.69, 9.17) is 4.74 Å². The number of hydrogen-bond donors (Lipinski definition) is 0. The minimum Gasteiger partial charge on any atom is -0.465 e. The van der Waals surface area contributed by atoms with E-state index in [0.717, 1.165) is 12.8 Å². The molecule has 0 rings (SSSR count). The topological polar surface area (TPSA) is 26.3 Å². The van der Waals surface area contributed by atoms with E-state index in [1.807, 2.05) is 19.9 Å². The monoisotopic (exact) mass is 170 g/mol. The third kappa shape index (κ3) is 5.96. The van der Waals surface area contributed by atoms with Crippen LogP contribution in [0.2, 0.25) is 0 Å². The molecule has 0 amide bonds. The fourth-order valence-electron chi connectivity index (χ4n) is 0.679. The molecule has 0 saturated carbocycles. The van der Waals surface area contributed by atoms with Crippen molar-refractivity contribution < 1.29 is 9.53 Å². The van der Waals surface area contributed by atoms with Gasteiger partial charge in [0.25, 0.3) is 0 Å². The first-order valence-corrected chi connectivity index (χ1v) is 4.50. The van der Waals surface area contributed by atoms with Gasteiger partial charge in [-0.3, -0.25) is 4.79 Å². The van der Waals surface area contributed by atoms with E-state index in [1.54, 1.807) is 0 Å². The normalized spacial score (nSPS) is 11.0. The van der Waals surface area contributed by atoms with Gasteiger partial charge in [-0.2, -0.15) is 0 Å². The molecule has 0 fully saturated rings. The summed E-state index contributed by atoms with van der Waals surface area (Å²) in [5, 5.41) is 0. The summed E-state index contributed by atoms with van der Waals surface area (Å²) >= 11 is 0. The van der Waals surface area contributed by atoms with Crippen molar-refractivity contribution in [1.29, 1.82) is 0 Å². The van der Waals surface area contributed by atoms with E-state index in [-0.39, 0.29) is 11.9 Å². The molecule has 0 aliphatic rings. The highest BCUT2D eigenvalue weighted by atomic mass is 16.5. The molecular weight excluding hydrogens is 152 g/mol. The van der Waals surface area contributed by atoms with Crippen LogP contribution in [0, 0.1) is 5.92 Å². The van der Waals surface area contributed by atoms with E-state index < -0.39 is 0 Å². The highest BCUT2D eigenvalue weighted by molar-refractivity contribution is 5.71. The van der Waals surface area contributed by atoms with Gasteiger partial charge in [0.15, 0.2) is 0 Å². The molecule has 0 atom stereocenters. The number of esters is 1. The quantitative estimate of drug-likeness (QED) is 0.360. The molecule has 0 radical (unpaired) electrons. The Labute approximate surface area is 74.6 Å². The minimum atomic E-state index is -0.111. The Balaban J connectivity index is 3.31. The molecule has 0 bridgehead atoms. The SMILES string of the molecule is CC/C=C\CCOC(=O)C(C)C. The number of hydrogen-bond acceptors (Lipinski definition) is 2. The Morgan fingerprint density at radius 2 is 2.08 bits per heavy atom. The molecule has 0 saturated heterocycles. The maximum absolute atomic E-state index is 10.9. The summed E-state index contributed by atoms with van der Waals surface area (Å²) in [5.74, 6) is -0.125. The average Bonchev–Trinajstić information content (AvgIpc) is 2.03. The van der Waals surface area contributed by atoms with Crippen LogP contribution >= 0.6 is 0 Å². The largest absolute Gasteiger partial charge is 0.465 e.